The van der Waals surface area contributed by atoms with E-state index in [1.165, 1.54) is 28.3 Å². The first-order valence-electron chi connectivity index (χ1n) is 24.3. The molecule has 0 amide bonds. The number of nitrogens with zero attached hydrogens (tertiary/aromatic N) is 3. The van der Waals surface area contributed by atoms with E-state index in [9.17, 15) is 19.5 Å². The van der Waals surface area contributed by atoms with E-state index in [2.05, 4.69) is 14.8 Å². The number of alkyl halides is 2. The van der Waals surface area contributed by atoms with Gasteiger partial charge < -0.3 is 43.6 Å². The van der Waals surface area contributed by atoms with Crippen molar-refractivity contribution in [3.63, 3.8) is 0 Å². The number of carbonyl (C=O) groups is 4. The second-order valence-corrected chi connectivity index (χ2v) is 20.6. The van der Waals surface area contributed by atoms with Crippen molar-refractivity contribution in [2.45, 2.75) is 100 Å². The molecule has 1 spiro atoms. The number of H-pyrrole nitrogens is 1. The van der Waals surface area contributed by atoms with Gasteiger partial charge in [0.25, 0.3) is 0 Å². The number of methoxy groups -OCH3 is 3. The third kappa shape index (κ3) is 6.86. The fraction of sp³-hybridized carbons (Fsp3) is 0.519. The van der Waals surface area contributed by atoms with E-state index in [1.54, 1.807) is 25.2 Å². The number of halogens is 2. The number of aliphatic hydroxyl groups is 1. The molecule has 16 heteroatoms. The highest BCUT2D eigenvalue weighted by atomic mass is 19.3. The molecular formula is C54H62F2N4O10. The number of piperidine rings is 1. The third-order valence-corrected chi connectivity index (χ3v) is 17.1. The predicted molar refractivity (Wildman–Crippen MR) is 255 cm³/mol. The number of ether oxygens (including phenoxy) is 5. The topological polar surface area (TPSA) is 160 Å². The van der Waals surface area contributed by atoms with Crippen LogP contribution in [0.5, 0.6) is 5.75 Å². The van der Waals surface area contributed by atoms with Crippen molar-refractivity contribution >= 4 is 40.5 Å². The van der Waals surface area contributed by atoms with Gasteiger partial charge in [-0.3, -0.25) is 14.5 Å². The second kappa shape index (κ2) is 17.2. The lowest BCUT2D eigenvalue weighted by atomic mass is 9.47. The minimum absolute atomic E-state index is 0.0494. The molecule has 372 valence electrons. The van der Waals surface area contributed by atoms with Crippen molar-refractivity contribution in [1.82, 2.24) is 14.8 Å². The van der Waals surface area contributed by atoms with Gasteiger partial charge in [0.1, 0.15) is 17.8 Å². The van der Waals surface area contributed by atoms with E-state index in [1.807, 2.05) is 66.4 Å². The molecule has 1 aliphatic carbocycles. The van der Waals surface area contributed by atoms with E-state index >= 15 is 13.6 Å². The molecule has 2 bridgehead atoms. The van der Waals surface area contributed by atoms with E-state index in [0.29, 0.717) is 84.6 Å². The molecule has 10 atom stereocenters. The van der Waals surface area contributed by atoms with Crippen LogP contribution in [-0.4, -0.2) is 135 Å². The van der Waals surface area contributed by atoms with Crippen LogP contribution in [-0.2, 0) is 57.2 Å². The number of carbonyl (C=O) groups excluding carboxylic acids is 4. The number of aromatic amines is 1. The highest BCUT2D eigenvalue weighted by molar-refractivity contribution is 5.99. The summed E-state index contributed by atoms with van der Waals surface area (Å²) in [6.07, 6.45) is 4.02. The quantitative estimate of drug-likeness (QED) is 0.101. The molecule has 70 heavy (non-hydrogen) atoms. The van der Waals surface area contributed by atoms with Gasteiger partial charge in [-0.25, -0.2) is 18.4 Å². The average molecular weight is 965 g/mol. The fourth-order valence-electron chi connectivity index (χ4n) is 14.4. The van der Waals surface area contributed by atoms with Gasteiger partial charge >= 0.3 is 23.9 Å². The summed E-state index contributed by atoms with van der Waals surface area (Å²) in [5.74, 6) is -6.91. The summed E-state index contributed by atoms with van der Waals surface area (Å²) >= 11 is 0. The average Bonchev–Trinajstić information content (AvgIpc) is 4.01. The number of fused-ring (bicyclic) bond motifs is 6. The number of nitrogens with one attached hydrogen (secondary N) is 1. The Balaban J connectivity index is 1.23. The number of rotatable bonds is 10. The Morgan fingerprint density at radius 1 is 0.943 bits per heavy atom. The van der Waals surface area contributed by atoms with E-state index in [-0.39, 0.29) is 26.0 Å². The van der Waals surface area contributed by atoms with Crippen LogP contribution in [0.15, 0.2) is 72.8 Å². The van der Waals surface area contributed by atoms with Crippen LogP contribution >= 0.6 is 0 Å². The molecule has 10 rings (SSSR count). The summed E-state index contributed by atoms with van der Waals surface area (Å²) in [7, 11) is 5.84. The third-order valence-electron chi connectivity index (χ3n) is 17.1. The zero-order chi connectivity index (χ0) is 49.7. The van der Waals surface area contributed by atoms with Crippen molar-refractivity contribution in [2.24, 2.45) is 17.3 Å². The van der Waals surface area contributed by atoms with E-state index < -0.39 is 81.7 Å². The first kappa shape index (κ1) is 47.8. The van der Waals surface area contributed by atoms with Gasteiger partial charge in [-0.15, -0.1) is 0 Å². The maximum Gasteiger partial charge on any atom is 0.344 e. The summed E-state index contributed by atoms with van der Waals surface area (Å²) in [6.45, 7) is 6.41. The number of anilines is 1. The zero-order valence-corrected chi connectivity index (χ0v) is 40.8. The van der Waals surface area contributed by atoms with Gasteiger partial charge in [-0.2, -0.15) is 0 Å². The largest absolute Gasteiger partial charge is 0.496 e. The van der Waals surface area contributed by atoms with Crippen molar-refractivity contribution in [2.75, 3.05) is 66.0 Å². The summed E-state index contributed by atoms with van der Waals surface area (Å²) < 4.78 is 60.9. The van der Waals surface area contributed by atoms with Crippen molar-refractivity contribution in [1.29, 1.82) is 0 Å². The lowest BCUT2D eigenvalue weighted by Gasteiger charge is -2.63. The van der Waals surface area contributed by atoms with Crippen LogP contribution in [0, 0.1) is 17.3 Å². The maximum atomic E-state index is 15.6. The van der Waals surface area contributed by atoms with Gasteiger partial charge in [0.2, 0.25) is 11.5 Å². The molecule has 14 nitrogen and oxygen atoms in total. The Labute approximate surface area is 406 Å². The Bertz CT molecular complexity index is 2790. The molecule has 0 radical (unpaired) electrons. The van der Waals surface area contributed by atoms with Crippen LogP contribution < -0.4 is 9.64 Å². The van der Waals surface area contributed by atoms with Crippen molar-refractivity contribution in [3.8, 4) is 5.75 Å². The van der Waals surface area contributed by atoms with Crippen molar-refractivity contribution < 1.29 is 56.7 Å². The van der Waals surface area contributed by atoms with Crippen LogP contribution in [0.4, 0.5) is 14.5 Å². The number of likely N-dealkylation sites (N-methyl/N-ethyl adjacent to an activating group) is 1. The lowest BCUT2D eigenvalue weighted by molar-refractivity contribution is -0.228. The van der Waals surface area contributed by atoms with Gasteiger partial charge in [0.05, 0.1) is 32.9 Å². The highest BCUT2D eigenvalue weighted by Crippen LogP contribution is 2.68. The standard InChI is InChI=1S/C54H62F2N4O10/c1-8-51-18-12-20-60-22-19-52(45(51)60)38-25-39(42(66-5)26-41(38)58(4)46(52)54(65,49(64)68-7)47(51)70-31(2)61)53(48(63)67-6)27-33-23-35(50(3,55)56)29-59(28-33)21-17-36-37-24-34(15-16-40(37)57-43(36)53)44(62)69-30-32-13-10-9-11-14-32/h9-16,18,24-26,33,35,45-47,57,65H,8,17,19-23,27-30H2,1-7H3/t33?,35?,45?,46?,47-,51-,52?,53-,54+/m0/s1. The number of aromatic nitrogens is 1. The molecule has 5 aliphatic heterocycles. The fourth-order valence-corrected chi connectivity index (χ4v) is 14.4. The molecule has 3 fully saturated rings. The molecule has 3 aromatic carbocycles. The number of benzene rings is 3. The summed E-state index contributed by atoms with van der Waals surface area (Å²) in [5.41, 5.74) is -1.46. The molecule has 4 aromatic rings. The van der Waals surface area contributed by atoms with Crippen LogP contribution in [0.1, 0.15) is 84.8 Å². The highest BCUT2D eigenvalue weighted by Gasteiger charge is 2.80. The number of hydrogen-bond donors (Lipinski definition) is 2. The normalized spacial score (nSPS) is 32.1. The summed E-state index contributed by atoms with van der Waals surface area (Å²) in [5, 5.41) is 14.1. The Morgan fingerprint density at radius 2 is 1.70 bits per heavy atom. The molecule has 6 aliphatic rings. The van der Waals surface area contributed by atoms with Crippen LogP contribution in [0.25, 0.3) is 10.9 Å². The maximum absolute atomic E-state index is 15.6. The van der Waals surface area contributed by atoms with Crippen LogP contribution in [0.3, 0.4) is 0 Å². The predicted octanol–water partition coefficient (Wildman–Crippen LogP) is 6.48. The smallest absolute Gasteiger partial charge is 0.344 e. The first-order valence-corrected chi connectivity index (χ1v) is 24.3. The molecule has 6 unspecified atom stereocenters. The number of esters is 4. The molecule has 2 N–H and O–H groups in total. The van der Waals surface area contributed by atoms with E-state index in [4.69, 9.17) is 23.7 Å². The Morgan fingerprint density at radius 3 is 2.39 bits per heavy atom. The summed E-state index contributed by atoms with van der Waals surface area (Å²) in [4.78, 5) is 66.9. The summed E-state index contributed by atoms with van der Waals surface area (Å²) in [6, 6.07) is 17.0. The molecule has 2 saturated heterocycles. The molecule has 6 heterocycles. The van der Waals surface area contributed by atoms with Crippen LogP contribution in [0.2, 0.25) is 0 Å². The monoisotopic (exact) mass is 964 g/mol. The first-order chi connectivity index (χ1) is 33.4. The molecular weight excluding hydrogens is 903 g/mol. The van der Waals surface area contributed by atoms with Gasteiger partial charge in [0, 0.05) is 96.9 Å². The minimum Gasteiger partial charge on any atom is -0.496 e. The minimum atomic E-state index is -3.01. The second-order valence-electron chi connectivity index (χ2n) is 20.6. The molecule has 1 saturated carbocycles. The van der Waals surface area contributed by atoms with Crippen molar-refractivity contribution in [3.05, 3.63) is 106 Å². The Hall–Kier alpha value is -5.84. The molecule has 1 aromatic heterocycles. The van der Waals surface area contributed by atoms with Gasteiger partial charge in [-0.1, -0.05) is 49.4 Å². The SMILES string of the molecule is CC[C@@]12C=CCN3CCC4(c5cc([C@@]6(C(=O)OC)CC7CC(C(C)(F)F)CN(CCc8c6[nH]c6ccc(C(=O)OCc9ccccc9)cc86)C7)c(OC)cc5N(C)C4[C@](O)(C(=O)OC)[C@H]1OC(C)=O)C32. The number of hydrogen-bond acceptors (Lipinski definition) is 13. The Kier molecular flexibility index (Phi) is 11.7. The lowest BCUT2D eigenvalue weighted by Crippen LogP contribution is -2.81. The zero-order valence-electron chi connectivity index (χ0n) is 40.8. The van der Waals surface area contributed by atoms with Gasteiger partial charge in [-0.05, 0) is 92.4 Å². The van der Waals surface area contributed by atoms with Gasteiger partial charge in [0.15, 0.2) is 6.10 Å². The van der Waals surface area contributed by atoms with E-state index in [0.717, 1.165) is 23.6 Å².